The maximum absolute atomic E-state index is 12.9. The fraction of sp³-hybridized carbons (Fsp3) is 0.174. The molecular weight excluding hydrogens is 408 g/mol. The number of aromatic carboxylic acids is 1. The number of rotatable bonds is 5. The zero-order valence-corrected chi connectivity index (χ0v) is 17.5. The summed E-state index contributed by atoms with van der Waals surface area (Å²) in [5.74, 6) is -0.980. The molecule has 9 nitrogen and oxygen atoms in total. The Kier molecular flexibility index (Phi) is 4.40. The van der Waals surface area contributed by atoms with Crippen LogP contribution in [0.15, 0.2) is 65.8 Å². The zero-order valence-electron chi connectivity index (χ0n) is 17.5. The van der Waals surface area contributed by atoms with Gasteiger partial charge in [-0.15, -0.1) is 0 Å². The minimum atomic E-state index is -1.11. The van der Waals surface area contributed by atoms with Gasteiger partial charge in [0.2, 0.25) is 5.95 Å². The Morgan fingerprint density at radius 1 is 1.09 bits per heavy atom. The summed E-state index contributed by atoms with van der Waals surface area (Å²) >= 11 is 0. The normalized spacial score (nSPS) is 11.9. The highest BCUT2D eigenvalue weighted by atomic mass is 16.4. The van der Waals surface area contributed by atoms with Crippen LogP contribution in [0.25, 0.3) is 27.8 Å². The number of hydrogen-bond donors (Lipinski definition) is 2. The van der Waals surface area contributed by atoms with Gasteiger partial charge in [0.05, 0.1) is 24.5 Å². The molecule has 160 valence electrons. The summed E-state index contributed by atoms with van der Waals surface area (Å²) in [6.45, 7) is 4.69. The molecular formula is C23H20N6O3. The molecule has 0 aliphatic carbocycles. The van der Waals surface area contributed by atoms with E-state index in [2.05, 4.69) is 64.3 Å². The number of carboxylic acids is 1. The number of nitrogens with one attached hydrogen (secondary N) is 1. The van der Waals surface area contributed by atoms with E-state index in [0.717, 1.165) is 10.9 Å². The Morgan fingerprint density at radius 2 is 1.88 bits per heavy atom. The highest BCUT2D eigenvalue weighted by molar-refractivity contribution is 5.87. The van der Waals surface area contributed by atoms with Gasteiger partial charge in [-0.1, -0.05) is 56.3 Å². The first-order valence-corrected chi connectivity index (χ1v) is 10.1. The van der Waals surface area contributed by atoms with Crippen molar-refractivity contribution in [1.82, 2.24) is 29.5 Å². The Morgan fingerprint density at radius 3 is 2.62 bits per heavy atom. The number of aromatic amines is 1. The van der Waals surface area contributed by atoms with Crippen LogP contribution in [0.1, 0.15) is 29.8 Å². The largest absolute Gasteiger partial charge is 0.478 e. The third-order valence-electron chi connectivity index (χ3n) is 5.61. The molecule has 0 amide bonds. The lowest BCUT2D eigenvalue weighted by Gasteiger charge is -2.26. The number of H-pyrrole nitrogens is 1. The molecule has 2 N–H and O–H groups in total. The standard InChI is InChI=1S/C23H20N6O3/c1-23(2,17-8-7-14-5-3-4-6-15(14)9-17)13-29-19-18(11-25-29)26-22(27-20(19)30)28-12-16(10-24-28)21(31)32/h3-12H,13H2,1-2H3,(H,31,32)(H,26,27,30). The van der Waals surface area contributed by atoms with Crippen molar-refractivity contribution in [2.24, 2.45) is 0 Å². The summed E-state index contributed by atoms with van der Waals surface area (Å²) in [5, 5.41) is 19.8. The van der Waals surface area contributed by atoms with Gasteiger partial charge in [-0.25, -0.2) is 14.5 Å². The van der Waals surface area contributed by atoms with Gasteiger partial charge in [0.1, 0.15) is 5.52 Å². The first-order valence-electron chi connectivity index (χ1n) is 10.1. The van der Waals surface area contributed by atoms with Crippen molar-refractivity contribution in [3.8, 4) is 5.95 Å². The number of benzene rings is 2. The molecule has 3 aromatic heterocycles. The predicted molar refractivity (Wildman–Crippen MR) is 119 cm³/mol. The van der Waals surface area contributed by atoms with Crippen LogP contribution in [0, 0.1) is 0 Å². The van der Waals surface area contributed by atoms with Crippen LogP contribution in [0.4, 0.5) is 0 Å². The summed E-state index contributed by atoms with van der Waals surface area (Å²) in [6, 6.07) is 14.6. The van der Waals surface area contributed by atoms with Gasteiger partial charge in [0.25, 0.3) is 5.56 Å². The molecule has 3 heterocycles. The quantitative estimate of drug-likeness (QED) is 0.444. The topological polar surface area (TPSA) is 119 Å². The first kappa shape index (κ1) is 19.7. The molecule has 0 aliphatic heterocycles. The van der Waals surface area contributed by atoms with E-state index in [1.165, 1.54) is 28.7 Å². The van der Waals surface area contributed by atoms with E-state index in [4.69, 9.17) is 5.11 Å². The molecule has 0 atom stereocenters. The van der Waals surface area contributed by atoms with E-state index in [-0.39, 0.29) is 22.5 Å². The lowest BCUT2D eigenvalue weighted by Crippen LogP contribution is -2.27. The molecule has 5 rings (SSSR count). The van der Waals surface area contributed by atoms with Crippen LogP contribution in [0.3, 0.4) is 0 Å². The molecule has 0 fully saturated rings. The van der Waals surface area contributed by atoms with E-state index >= 15 is 0 Å². The molecule has 2 aromatic carbocycles. The van der Waals surface area contributed by atoms with Gasteiger partial charge in [-0.3, -0.25) is 14.5 Å². The first-order chi connectivity index (χ1) is 15.3. The van der Waals surface area contributed by atoms with E-state index in [1.54, 1.807) is 4.68 Å². The third-order valence-corrected chi connectivity index (χ3v) is 5.61. The molecule has 5 aromatic rings. The third kappa shape index (κ3) is 3.33. The van der Waals surface area contributed by atoms with Crippen molar-refractivity contribution in [2.45, 2.75) is 25.8 Å². The lowest BCUT2D eigenvalue weighted by molar-refractivity contribution is 0.0697. The molecule has 9 heteroatoms. The second-order valence-corrected chi connectivity index (χ2v) is 8.35. The summed E-state index contributed by atoms with van der Waals surface area (Å²) in [7, 11) is 0. The van der Waals surface area contributed by atoms with Gasteiger partial charge in [0.15, 0.2) is 5.52 Å². The number of nitrogens with zero attached hydrogens (tertiary/aromatic N) is 5. The van der Waals surface area contributed by atoms with E-state index < -0.39 is 5.97 Å². The number of hydrogen-bond acceptors (Lipinski definition) is 5. The Bertz CT molecular complexity index is 1540. The average molecular weight is 428 g/mol. The highest BCUT2D eigenvalue weighted by Crippen LogP contribution is 2.29. The summed E-state index contributed by atoms with van der Waals surface area (Å²) in [6.07, 6.45) is 4.02. The number of aromatic nitrogens is 6. The highest BCUT2D eigenvalue weighted by Gasteiger charge is 2.24. The van der Waals surface area contributed by atoms with Gasteiger partial charge >= 0.3 is 5.97 Å². The molecule has 0 saturated heterocycles. The van der Waals surface area contributed by atoms with E-state index in [1.807, 2.05) is 12.1 Å². The Hall–Kier alpha value is -4.27. The minimum Gasteiger partial charge on any atom is -0.478 e. The van der Waals surface area contributed by atoms with Crippen LogP contribution < -0.4 is 5.56 Å². The van der Waals surface area contributed by atoms with E-state index in [0.29, 0.717) is 17.6 Å². The summed E-state index contributed by atoms with van der Waals surface area (Å²) in [5.41, 5.74) is 1.23. The van der Waals surface area contributed by atoms with Gasteiger partial charge in [-0.2, -0.15) is 10.2 Å². The Labute approximate surface area is 182 Å². The molecule has 0 unspecified atom stereocenters. The van der Waals surface area contributed by atoms with Crippen molar-refractivity contribution in [3.05, 3.63) is 82.5 Å². The maximum Gasteiger partial charge on any atom is 0.338 e. The second-order valence-electron chi connectivity index (χ2n) is 8.35. The van der Waals surface area contributed by atoms with Crippen LogP contribution in [0.5, 0.6) is 0 Å². The smallest absolute Gasteiger partial charge is 0.338 e. The molecule has 0 spiro atoms. The molecule has 32 heavy (non-hydrogen) atoms. The number of carboxylic acid groups (broad SMARTS) is 1. The Balaban J connectivity index is 1.51. The fourth-order valence-electron chi connectivity index (χ4n) is 3.85. The predicted octanol–water partition coefficient (Wildman–Crippen LogP) is 3.13. The van der Waals surface area contributed by atoms with Crippen LogP contribution in [0.2, 0.25) is 0 Å². The van der Waals surface area contributed by atoms with Crippen LogP contribution >= 0.6 is 0 Å². The molecule has 0 aliphatic rings. The second kappa shape index (κ2) is 7.16. The van der Waals surface area contributed by atoms with Crippen LogP contribution in [-0.4, -0.2) is 40.6 Å². The molecule has 0 bridgehead atoms. The van der Waals surface area contributed by atoms with Gasteiger partial charge in [0, 0.05) is 11.6 Å². The molecule has 0 radical (unpaired) electrons. The summed E-state index contributed by atoms with van der Waals surface area (Å²) < 4.78 is 2.88. The van der Waals surface area contributed by atoms with E-state index in [9.17, 15) is 9.59 Å². The summed E-state index contributed by atoms with van der Waals surface area (Å²) in [4.78, 5) is 31.1. The fourth-order valence-corrected chi connectivity index (χ4v) is 3.85. The average Bonchev–Trinajstić information content (AvgIpc) is 3.41. The maximum atomic E-state index is 12.9. The SMILES string of the molecule is CC(C)(Cn1ncc2nc(-n3cc(C(=O)O)cn3)[nH]c(=O)c21)c1ccc2ccccc2c1. The van der Waals surface area contributed by atoms with Crippen molar-refractivity contribution in [1.29, 1.82) is 0 Å². The number of carbonyl (C=O) groups is 1. The number of fused-ring (bicyclic) bond motifs is 2. The van der Waals surface area contributed by atoms with Gasteiger partial charge in [-0.05, 0) is 16.3 Å². The van der Waals surface area contributed by atoms with Crippen molar-refractivity contribution >= 4 is 27.8 Å². The zero-order chi connectivity index (χ0) is 22.5. The monoisotopic (exact) mass is 428 g/mol. The van der Waals surface area contributed by atoms with Gasteiger partial charge < -0.3 is 5.11 Å². The minimum absolute atomic E-state index is 0.000533. The van der Waals surface area contributed by atoms with Crippen molar-refractivity contribution in [3.63, 3.8) is 0 Å². The van der Waals surface area contributed by atoms with Crippen molar-refractivity contribution in [2.75, 3.05) is 0 Å². The molecule has 0 saturated carbocycles. The van der Waals surface area contributed by atoms with Crippen molar-refractivity contribution < 1.29 is 9.90 Å². The van der Waals surface area contributed by atoms with Crippen LogP contribution in [-0.2, 0) is 12.0 Å². The lowest BCUT2D eigenvalue weighted by atomic mass is 9.83.